The molecule has 1 fully saturated rings. The molecular formula is C17H24O. The van der Waals surface area contributed by atoms with Gasteiger partial charge in [-0.1, -0.05) is 26.3 Å². The zero-order chi connectivity index (χ0) is 12.9. The van der Waals surface area contributed by atoms with Gasteiger partial charge in [-0.25, -0.2) is 0 Å². The average Bonchev–Trinajstić information content (AvgIpc) is 2.34. The Kier molecular flexibility index (Phi) is 2.96. The molecule has 1 heteroatoms. The van der Waals surface area contributed by atoms with Gasteiger partial charge in [0, 0.05) is 6.42 Å². The van der Waals surface area contributed by atoms with Gasteiger partial charge < -0.3 is 0 Å². The molecule has 1 nitrogen and oxygen atoms in total. The van der Waals surface area contributed by atoms with Crippen LogP contribution in [-0.2, 0) is 4.79 Å². The van der Waals surface area contributed by atoms with Crippen molar-refractivity contribution in [2.45, 2.75) is 52.9 Å². The SMILES string of the molecule is CC1C[C@H](C)C2=C3CCC(=O)C=C3CCC2C1C. The molecule has 98 valence electrons. The lowest BCUT2D eigenvalue weighted by Crippen LogP contribution is -2.34. The lowest BCUT2D eigenvalue weighted by molar-refractivity contribution is -0.114. The monoisotopic (exact) mass is 244 g/mol. The Labute approximate surface area is 110 Å². The summed E-state index contributed by atoms with van der Waals surface area (Å²) in [5.74, 6) is 3.54. The van der Waals surface area contributed by atoms with Crippen molar-refractivity contribution >= 4 is 5.78 Å². The van der Waals surface area contributed by atoms with Crippen LogP contribution in [-0.4, -0.2) is 5.78 Å². The van der Waals surface area contributed by atoms with Crippen LogP contribution < -0.4 is 0 Å². The summed E-state index contributed by atoms with van der Waals surface area (Å²) in [5, 5.41) is 0. The molecule has 3 unspecified atom stereocenters. The number of ketones is 1. The van der Waals surface area contributed by atoms with Crippen molar-refractivity contribution in [1.29, 1.82) is 0 Å². The molecule has 0 heterocycles. The quantitative estimate of drug-likeness (QED) is 0.621. The van der Waals surface area contributed by atoms with Crippen LogP contribution in [0.1, 0.15) is 52.9 Å². The van der Waals surface area contributed by atoms with Crippen molar-refractivity contribution in [2.75, 3.05) is 0 Å². The second-order valence-corrected chi connectivity index (χ2v) is 6.69. The Morgan fingerprint density at radius 1 is 1.11 bits per heavy atom. The van der Waals surface area contributed by atoms with Gasteiger partial charge in [0.2, 0.25) is 0 Å². The zero-order valence-corrected chi connectivity index (χ0v) is 11.8. The molecule has 3 aliphatic rings. The molecule has 18 heavy (non-hydrogen) atoms. The van der Waals surface area contributed by atoms with Gasteiger partial charge in [-0.15, -0.1) is 0 Å². The third kappa shape index (κ3) is 1.79. The van der Waals surface area contributed by atoms with E-state index in [4.69, 9.17) is 0 Å². The Bertz CT molecular complexity index is 441. The second-order valence-electron chi connectivity index (χ2n) is 6.69. The molecule has 0 bridgehead atoms. The van der Waals surface area contributed by atoms with Gasteiger partial charge in [0.25, 0.3) is 0 Å². The maximum atomic E-state index is 11.6. The summed E-state index contributed by atoms with van der Waals surface area (Å²) < 4.78 is 0. The number of hydrogen-bond donors (Lipinski definition) is 0. The van der Waals surface area contributed by atoms with Crippen LogP contribution in [0.2, 0.25) is 0 Å². The molecule has 0 saturated heterocycles. The third-order valence-corrected chi connectivity index (χ3v) is 5.61. The fourth-order valence-electron chi connectivity index (χ4n) is 4.51. The maximum Gasteiger partial charge on any atom is 0.156 e. The summed E-state index contributed by atoms with van der Waals surface area (Å²) in [6, 6.07) is 0. The summed E-state index contributed by atoms with van der Waals surface area (Å²) in [7, 11) is 0. The molecule has 1 saturated carbocycles. The minimum atomic E-state index is 0.345. The Morgan fingerprint density at radius 2 is 1.89 bits per heavy atom. The number of allylic oxidation sites excluding steroid dienone is 4. The molecule has 0 aromatic rings. The van der Waals surface area contributed by atoms with Crippen LogP contribution in [0.25, 0.3) is 0 Å². The van der Waals surface area contributed by atoms with Crippen molar-refractivity contribution in [2.24, 2.45) is 23.7 Å². The predicted molar refractivity (Wildman–Crippen MR) is 74.2 cm³/mol. The van der Waals surface area contributed by atoms with E-state index in [1.54, 1.807) is 11.1 Å². The number of fused-ring (bicyclic) bond motifs is 2. The molecule has 0 amide bonds. The topological polar surface area (TPSA) is 17.1 Å². The Balaban J connectivity index is 2.05. The molecular weight excluding hydrogens is 220 g/mol. The van der Waals surface area contributed by atoms with Crippen LogP contribution in [0.3, 0.4) is 0 Å². The zero-order valence-electron chi connectivity index (χ0n) is 11.8. The smallest absolute Gasteiger partial charge is 0.156 e. The fourth-order valence-corrected chi connectivity index (χ4v) is 4.51. The van der Waals surface area contributed by atoms with E-state index in [1.165, 1.54) is 18.4 Å². The number of carbonyl (C=O) groups is 1. The molecule has 0 aromatic carbocycles. The van der Waals surface area contributed by atoms with E-state index in [1.807, 2.05) is 6.08 Å². The van der Waals surface area contributed by atoms with E-state index in [0.29, 0.717) is 5.78 Å². The summed E-state index contributed by atoms with van der Waals surface area (Å²) in [4.78, 5) is 11.6. The van der Waals surface area contributed by atoms with E-state index in [2.05, 4.69) is 20.8 Å². The van der Waals surface area contributed by atoms with Gasteiger partial charge in [-0.3, -0.25) is 4.79 Å². The largest absolute Gasteiger partial charge is 0.295 e. The highest BCUT2D eigenvalue weighted by atomic mass is 16.1. The van der Waals surface area contributed by atoms with E-state index in [-0.39, 0.29) is 0 Å². The lowest BCUT2D eigenvalue weighted by atomic mass is 9.60. The van der Waals surface area contributed by atoms with E-state index < -0.39 is 0 Å². The van der Waals surface area contributed by atoms with Gasteiger partial charge in [0.15, 0.2) is 5.78 Å². The lowest BCUT2D eigenvalue weighted by Gasteiger charge is -2.45. The Hall–Kier alpha value is -0.850. The van der Waals surface area contributed by atoms with Crippen LogP contribution in [0, 0.1) is 23.7 Å². The second kappa shape index (κ2) is 4.36. The predicted octanol–water partition coefficient (Wildman–Crippen LogP) is 4.29. The maximum absolute atomic E-state index is 11.6. The molecule has 3 rings (SSSR count). The molecule has 0 radical (unpaired) electrons. The fraction of sp³-hybridized carbons (Fsp3) is 0.706. The summed E-state index contributed by atoms with van der Waals surface area (Å²) >= 11 is 0. The molecule has 0 N–H and O–H groups in total. The first kappa shape index (κ1) is 12.2. The van der Waals surface area contributed by atoms with E-state index in [9.17, 15) is 4.79 Å². The van der Waals surface area contributed by atoms with Crippen molar-refractivity contribution < 1.29 is 4.79 Å². The average molecular weight is 244 g/mol. The van der Waals surface area contributed by atoms with E-state index in [0.717, 1.165) is 42.9 Å². The minimum Gasteiger partial charge on any atom is -0.295 e. The van der Waals surface area contributed by atoms with Gasteiger partial charge in [-0.05, 0) is 66.6 Å². The summed E-state index contributed by atoms with van der Waals surface area (Å²) in [6.07, 6.45) is 7.44. The molecule has 0 spiro atoms. The van der Waals surface area contributed by atoms with Crippen LogP contribution in [0.5, 0.6) is 0 Å². The minimum absolute atomic E-state index is 0.345. The molecule has 4 atom stereocenters. The standard InChI is InChI=1S/C17H24O/c1-10-8-11(2)17-15(12(10)3)6-4-13-9-14(18)5-7-16(13)17/h9-12,15H,4-8H2,1-3H3/t10?,11-,12?,15?/m0/s1. The summed E-state index contributed by atoms with van der Waals surface area (Å²) in [5.41, 5.74) is 4.69. The summed E-state index contributed by atoms with van der Waals surface area (Å²) in [6.45, 7) is 7.25. The first-order chi connectivity index (χ1) is 8.58. The van der Waals surface area contributed by atoms with Crippen LogP contribution in [0.4, 0.5) is 0 Å². The number of rotatable bonds is 0. The first-order valence-corrected chi connectivity index (χ1v) is 7.54. The number of carbonyl (C=O) groups excluding carboxylic acids is 1. The number of hydrogen-bond acceptors (Lipinski definition) is 1. The van der Waals surface area contributed by atoms with Crippen molar-refractivity contribution in [1.82, 2.24) is 0 Å². The highest BCUT2D eigenvalue weighted by Gasteiger charge is 2.39. The van der Waals surface area contributed by atoms with E-state index >= 15 is 0 Å². The van der Waals surface area contributed by atoms with Gasteiger partial charge in [-0.2, -0.15) is 0 Å². The van der Waals surface area contributed by atoms with Gasteiger partial charge in [0.05, 0.1) is 0 Å². The van der Waals surface area contributed by atoms with Gasteiger partial charge in [0.1, 0.15) is 0 Å². The highest BCUT2D eigenvalue weighted by molar-refractivity contribution is 5.93. The van der Waals surface area contributed by atoms with Crippen molar-refractivity contribution in [3.05, 3.63) is 22.8 Å². The van der Waals surface area contributed by atoms with Crippen LogP contribution in [0.15, 0.2) is 22.8 Å². The van der Waals surface area contributed by atoms with Crippen molar-refractivity contribution in [3.63, 3.8) is 0 Å². The molecule has 0 aliphatic heterocycles. The van der Waals surface area contributed by atoms with Gasteiger partial charge >= 0.3 is 0 Å². The van der Waals surface area contributed by atoms with Crippen LogP contribution >= 0.6 is 0 Å². The Morgan fingerprint density at radius 3 is 2.67 bits per heavy atom. The molecule has 3 aliphatic carbocycles. The first-order valence-electron chi connectivity index (χ1n) is 7.54. The third-order valence-electron chi connectivity index (χ3n) is 5.61. The molecule has 0 aromatic heterocycles. The van der Waals surface area contributed by atoms with Crippen molar-refractivity contribution in [3.8, 4) is 0 Å². The normalized spacial score (nSPS) is 40.2. The highest BCUT2D eigenvalue weighted by Crippen LogP contribution is 2.51.